The summed E-state index contributed by atoms with van der Waals surface area (Å²) in [5.74, 6) is 0.827. The number of pyridine rings is 1. The zero-order valence-electron chi connectivity index (χ0n) is 12.7. The molecular formula is C19H15ClN2O. The molecule has 0 aliphatic rings. The van der Waals surface area contributed by atoms with Crippen molar-refractivity contribution in [3.8, 4) is 5.75 Å². The second-order valence-corrected chi connectivity index (χ2v) is 5.91. The van der Waals surface area contributed by atoms with Gasteiger partial charge in [-0.2, -0.15) is 0 Å². The lowest BCUT2D eigenvalue weighted by Gasteiger charge is -2.05. The van der Waals surface area contributed by atoms with E-state index in [0.717, 1.165) is 38.3 Å². The van der Waals surface area contributed by atoms with Gasteiger partial charge in [0.2, 0.25) is 0 Å². The number of ether oxygens (including phenoxy) is 1. The van der Waals surface area contributed by atoms with E-state index in [1.54, 1.807) is 12.3 Å². The normalized spacial score (nSPS) is 11.4. The van der Waals surface area contributed by atoms with E-state index in [1.807, 2.05) is 24.3 Å². The number of hydrogen-bond acceptors (Lipinski definition) is 2. The average molecular weight is 323 g/mol. The SMILES string of the molecule is C=CCOc1ccc2[nH]c3c(C)c4ccnc(Cl)c4cc3c2c1. The highest BCUT2D eigenvalue weighted by molar-refractivity contribution is 6.35. The number of nitrogens with zero attached hydrogens (tertiary/aromatic N) is 1. The molecular weight excluding hydrogens is 308 g/mol. The van der Waals surface area contributed by atoms with Gasteiger partial charge in [-0.1, -0.05) is 24.3 Å². The molecule has 3 nitrogen and oxygen atoms in total. The number of aromatic amines is 1. The summed E-state index contributed by atoms with van der Waals surface area (Å²) >= 11 is 6.29. The molecule has 4 heteroatoms. The van der Waals surface area contributed by atoms with E-state index in [9.17, 15) is 0 Å². The third-order valence-corrected chi connectivity index (χ3v) is 4.49. The van der Waals surface area contributed by atoms with Crippen molar-refractivity contribution in [3.63, 3.8) is 0 Å². The summed E-state index contributed by atoms with van der Waals surface area (Å²) in [4.78, 5) is 7.70. The molecule has 0 bridgehead atoms. The summed E-state index contributed by atoms with van der Waals surface area (Å²) in [6, 6.07) is 10.2. The van der Waals surface area contributed by atoms with Crippen LogP contribution < -0.4 is 4.74 Å². The van der Waals surface area contributed by atoms with E-state index >= 15 is 0 Å². The smallest absolute Gasteiger partial charge is 0.136 e. The van der Waals surface area contributed by atoms with Gasteiger partial charge in [0.05, 0.1) is 5.52 Å². The van der Waals surface area contributed by atoms with Gasteiger partial charge in [0.1, 0.15) is 17.5 Å². The lowest BCUT2D eigenvalue weighted by molar-refractivity contribution is 0.364. The van der Waals surface area contributed by atoms with Crippen LogP contribution in [0.1, 0.15) is 5.56 Å². The van der Waals surface area contributed by atoms with Crippen LogP contribution in [0.15, 0.2) is 49.2 Å². The van der Waals surface area contributed by atoms with E-state index in [2.05, 4.69) is 29.5 Å². The monoisotopic (exact) mass is 322 g/mol. The Balaban J connectivity index is 2.07. The Hall–Kier alpha value is -2.52. The maximum absolute atomic E-state index is 6.29. The first-order valence-corrected chi connectivity index (χ1v) is 7.80. The second kappa shape index (κ2) is 5.28. The van der Waals surface area contributed by atoms with Gasteiger partial charge in [-0.15, -0.1) is 0 Å². The topological polar surface area (TPSA) is 37.9 Å². The summed E-state index contributed by atoms with van der Waals surface area (Å²) in [7, 11) is 0. The molecule has 4 aromatic rings. The van der Waals surface area contributed by atoms with Crippen molar-refractivity contribution in [1.29, 1.82) is 0 Å². The highest BCUT2D eigenvalue weighted by Crippen LogP contribution is 2.36. The van der Waals surface area contributed by atoms with Crippen molar-refractivity contribution >= 4 is 44.2 Å². The van der Waals surface area contributed by atoms with Crippen LogP contribution in [-0.2, 0) is 0 Å². The van der Waals surface area contributed by atoms with Gasteiger partial charge in [0.15, 0.2) is 0 Å². The van der Waals surface area contributed by atoms with Crippen LogP contribution in [0.25, 0.3) is 32.6 Å². The molecule has 2 heterocycles. The highest BCUT2D eigenvalue weighted by atomic mass is 35.5. The molecule has 0 spiro atoms. The highest BCUT2D eigenvalue weighted by Gasteiger charge is 2.12. The third-order valence-electron chi connectivity index (χ3n) is 4.19. The number of nitrogens with one attached hydrogen (secondary N) is 1. The molecule has 4 rings (SSSR count). The molecule has 114 valence electrons. The zero-order valence-corrected chi connectivity index (χ0v) is 13.4. The molecule has 0 fully saturated rings. The van der Waals surface area contributed by atoms with Crippen LogP contribution in [0.5, 0.6) is 5.75 Å². The molecule has 0 radical (unpaired) electrons. The Morgan fingerprint density at radius 2 is 2.04 bits per heavy atom. The largest absolute Gasteiger partial charge is 0.490 e. The predicted molar refractivity (Wildman–Crippen MR) is 96.5 cm³/mol. The maximum Gasteiger partial charge on any atom is 0.136 e. The number of benzene rings is 2. The summed E-state index contributed by atoms with van der Waals surface area (Å²) in [5, 5.41) is 4.86. The third kappa shape index (κ3) is 2.16. The molecule has 0 unspecified atom stereocenters. The minimum Gasteiger partial charge on any atom is -0.490 e. The summed E-state index contributed by atoms with van der Waals surface area (Å²) in [6.45, 7) is 6.27. The minimum absolute atomic E-state index is 0.492. The molecule has 2 aromatic heterocycles. The Morgan fingerprint density at radius 1 is 1.17 bits per heavy atom. The fourth-order valence-electron chi connectivity index (χ4n) is 3.07. The Kier molecular flexibility index (Phi) is 3.24. The number of aromatic nitrogens is 2. The van der Waals surface area contributed by atoms with Crippen molar-refractivity contribution in [2.75, 3.05) is 6.61 Å². The van der Waals surface area contributed by atoms with Crippen LogP contribution in [0.3, 0.4) is 0 Å². The fourth-order valence-corrected chi connectivity index (χ4v) is 3.29. The number of halogens is 1. The Bertz CT molecular complexity index is 1070. The number of hydrogen-bond donors (Lipinski definition) is 1. The van der Waals surface area contributed by atoms with Crippen LogP contribution in [0.2, 0.25) is 5.15 Å². The lowest BCUT2D eigenvalue weighted by atomic mass is 10.0. The number of H-pyrrole nitrogens is 1. The average Bonchev–Trinajstić information content (AvgIpc) is 2.93. The lowest BCUT2D eigenvalue weighted by Crippen LogP contribution is -1.91. The van der Waals surface area contributed by atoms with E-state index in [0.29, 0.717) is 11.8 Å². The van der Waals surface area contributed by atoms with Crippen LogP contribution in [0, 0.1) is 6.92 Å². The van der Waals surface area contributed by atoms with E-state index < -0.39 is 0 Å². The molecule has 0 aliphatic carbocycles. The van der Waals surface area contributed by atoms with E-state index in [-0.39, 0.29) is 0 Å². The van der Waals surface area contributed by atoms with Gasteiger partial charge in [-0.05, 0) is 48.2 Å². The zero-order chi connectivity index (χ0) is 16.0. The van der Waals surface area contributed by atoms with Gasteiger partial charge >= 0.3 is 0 Å². The first-order chi connectivity index (χ1) is 11.2. The van der Waals surface area contributed by atoms with E-state index in [1.165, 1.54) is 5.56 Å². The van der Waals surface area contributed by atoms with Crippen molar-refractivity contribution in [1.82, 2.24) is 9.97 Å². The molecule has 0 saturated carbocycles. The number of aryl methyl sites for hydroxylation is 1. The van der Waals surface area contributed by atoms with Crippen LogP contribution in [0.4, 0.5) is 0 Å². The predicted octanol–water partition coefficient (Wildman–Crippen LogP) is 5.40. The molecule has 0 atom stereocenters. The van der Waals surface area contributed by atoms with Gasteiger partial charge in [-0.3, -0.25) is 0 Å². The molecule has 0 amide bonds. The molecule has 2 aromatic carbocycles. The molecule has 23 heavy (non-hydrogen) atoms. The number of rotatable bonds is 3. The minimum atomic E-state index is 0.492. The van der Waals surface area contributed by atoms with E-state index in [4.69, 9.17) is 16.3 Å². The molecule has 0 aliphatic heterocycles. The van der Waals surface area contributed by atoms with Gasteiger partial charge in [0, 0.05) is 27.9 Å². The first kappa shape index (κ1) is 14.1. The maximum atomic E-state index is 6.29. The molecule has 0 saturated heterocycles. The van der Waals surface area contributed by atoms with Crippen LogP contribution in [-0.4, -0.2) is 16.6 Å². The summed E-state index contributed by atoms with van der Waals surface area (Å²) in [6.07, 6.45) is 3.48. The number of fused-ring (bicyclic) bond motifs is 4. The van der Waals surface area contributed by atoms with Crippen molar-refractivity contribution in [3.05, 3.63) is 59.9 Å². The molecule has 1 N–H and O–H groups in total. The van der Waals surface area contributed by atoms with Crippen LogP contribution >= 0.6 is 11.6 Å². The quantitative estimate of drug-likeness (QED) is 0.405. The van der Waals surface area contributed by atoms with Gasteiger partial charge < -0.3 is 9.72 Å². The Morgan fingerprint density at radius 3 is 2.87 bits per heavy atom. The van der Waals surface area contributed by atoms with Crippen molar-refractivity contribution in [2.24, 2.45) is 0 Å². The van der Waals surface area contributed by atoms with Crippen molar-refractivity contribution < 1.29 is 4.74 Å². The van der Waals surface area contributed by atoms with Gasteiger partial charge in [0.25, 0.3) is 0 Å². The van der Waals surface area contributed by atoms with Gasteiger partial charge in [-0.25, -0.2) is 4.98 Å². The van der Waals surface area contributed by atoms with Crippen molar-refractivity contribution in [2.45, 2.75) is 6.92 Å². The fraction of sp³-hybridized carbons (Fsp3) is 0.105. The summed E-state index contributed by atoms with van der Waals surface area (Å²) < 4.78 is 5.65. The summed E-state index contributed by atoms with van der Waals surface area (Å²) in [5.41, 5.74) is 3.37. The Labute approximate surface area is 138 Å². The standard InChI is InChI=1S/C19H15ClN2O/c1-3-8-23-12-4-5-17-14(9-12)15-10-16-13(6-7-21-19(16)20)11(2)18(15)22-17/h3-7,9-10,22H,1,8H2,2H3. The second-order valence-electron chi connectivity index (χ2n) is 5.55. The first-order valence-electron chi connectivity index (χ1n) is 7.42.